The zero-order valence-corrected chi connectivity index (χ0v) is 11.9. The van der Waals surface area contributed by atoms with Gasteiger partial charge in [0, 0.05) is 19.3 Å². The number of hydrogen-bond acceptors (Lipinski definition) is 3. The lowest BCUT2D eigenvalue weighted by Crippen LogP contribution is -2.37. The number of aromatic nitrogens is 2. The van der Waals surface area contributed by atoms with Crippen molar-refractivity contribution in [3.63, 3.8) is 0 Å². The third-order valence-corrected chi connectivity index (χ3v) is 2.51. The first-order valence-electron chi connectivity index (χ1n) is 5.48. The number of aliphatic imine (C=N–C) groups is 1. The number of rotatable bonds is 4. The smallest absolute Gasteiger partial charge is 0.189 e. The Balaban J connectivity index is 0.00000144. The van der Waals surface area contributed by atoms with Gasteiger partial charge in [0.1, 0.15) is 0 Å². The Hall–Kier alpha value is -0.830. The van der Waals surface area contributed by atoms with Gasteiger partial charge in [-0.1, -0.05) is 0 Å². The molecule has 2 heterocycles. The van der Waals surface area contributed by atoms with Gasteiger partial charge in [-0.25, -0.2) is 4.99 Å². The number of halogens is 1. The van der Waals surface area contributed by atoms with Crippen molar-refractivity contribution in [3.8, 4) is 0 Å². The number of nitrogens with two attached hydrogens (primary N) is 1. The van der Waals surface area contributed by atoms with E-state index in [4.69, 9.17) is 10.5 Å². The highest BCUT2D eigenvalue weighted by atomic mass is 127. The molecule has 1 aromatic heterocycles. The van der Waals surface area contributed by atoms with Gasteiger partial charge >= 0.3 is 0 Å². The number of hydrogen-bond donors (Lipinski definition) is 3. The first-order valence-corrected chi connectivity index (χ1v) is 5.48. The molecule has 1 fully saturated rings. The molecule has 1 aliphatic rings. The molecular weight excluding hydrogens is 333 g/mol. The van der Waals surface area contributed by atoms with Crippen LogP contribution in [0.15, 0.2) is 17.3 Å². The van der Waals surface area contributed by atoms with Crippen molar-refractivity contribution in [2.45, 2.75) is 25.5 Å². The Labute approximate surface area is 117 Å². The standard InChI is InChI=1S/C10H17N5O.HI/c11-10(12-6-8-3-4-14-15-8)13-7-9-2-1-5-16-9;/h3-4,9H,1-2,5-7H2,(H,14,15)(H3,11,12,13);1H. The summed E-state index contributed by atoms with van der Waals surface area (Å²) in [7, 11) is 0. The molecule has 0 aromatic carbocycles. The fourth-order valence-corrected chi connectivity index (χ4v) is 1.62. The van der Waals surface area contributed by atoms with Crippen molar-refractivity contribution in [2.75, 3.05) is 13.2 Å². The van der Waals surface area contributed by atoms with Crippen LogP contribution in [0.5, 0.6) is 0 Å². The van der Waals surface area contributed by atoms with Crippen molar-refractivity contribution in [1.29, 1.82) is 0 Å². The van der Waals surface area contributed by atoms with Crippen LogP contribution in [-0.4, -0.2) is 35.4 Å². The van der Waals surface area contributed by atoms with Gasteiger partial charge in [-0.3, -0.25) is 5.10 Å². The van der Waals surface area contributed by atoms with E-state index in [-0.39, 0.29) is 30.1 Å². The number of nitrogens with one attached hydrogen (secondary N) is 2. The molecule has 6 nitrogen and oxygen atoms in total. The van der Waals surface area contributed by atoms with E-state index in [1.807, 2.05) is 6.07 Å². The molecule has 0 aliphatic carbocycles. The molecule has 7 heteroatoms. The van der Waals surface area contributed by atoms with Crippen molar-refractivity contribution >= 4 is 29.9 Å². The Kier molecular flexibility index (Phi) is 6.27. The number of nitrogens with zero attached hydrogens (tertiary/aromatic N) is 2. The molecule has 4 N–H and O–H groups in total. The summed E-state index contributed by atoms with van der Waals surface area (Å²) in [6, 6.07) is 1.87. The summed E-state index contributed by atoms with van der Waals surface area (Å²) in [4.78, 5) is 4.18. The summed E-state index contributed by atoms with van der Waals surface area (Å²) in [5.74, 6) is 0.449. The summed E-state index contributed by atoms with van der Waals surface area (Å²) < 4.78 is 5.46. The molecule has 1 atom stereocenters. The third kappa shape index (κ3) is 4.90. The van der Waals surface area contributed by atoms with Gasteiger partial charge in [0.2, 0.25) is 0 Å². The molecule has 1 aliphatic heterocycles. The lowest BCUT2D eigenvalue weighted by Gasteiger charge is -2.10. The fraction of sp³-hybridized carbons (Fsp3) is 0.600. The van der Waals surface area contributed by atoms with Gasteiger partial charge in [-0.05, 0) is 18.9 Å². The van der Waals surface area contributed by atoms with Gasteiger partial charge in [0.05, 0.1) is 18.3 Å². The third-order valence-electron chi connectivity index (χ3n) is 2.51. The van der Waals surface area contributed by atoms with E-state index < -0.39 is 0 Å². The van der Waals surface area contributed by atoms with Gasteiger partial charge in [0.15, 0.2) is 5.96 Å². The average molecular weight is 351 g/mol. The summed E-state index contributed by atoms with van der Waals surface area (Å²) in [6.07, 6.45) is 4.21. The van der Waals surface area contributed by atoms with E-state index in [1.165, 1.54) is 0 Å². The SMILES string of the molecule is I.NC(=NCc1ccn[nH]1)NCC1CCCO1. The van der Waals surface area contributed by atoms with Gasteiger partial charge in [-0.2, -0.15) is 5.10 Å². The van der Waals surface area contributed by atoms with Crippen LogP contribution in [0.1, 0.15) is 18.5 Å². The Morgan fingerprint density at radius 2 is 2.59 bits per heavy atom. The van der Waals surface area contributed by atoms with Crippen molar-refractivity contribution in [2.24, 2.45) is 10.7 Å². The molecule has 96 valence electrons. The highest BCUT2D eigenvalue weighted by Crippen LogP contribution is 2.10. The van der Waals surface area contributed by atoms with Crippen LogP contribution in [0.25, 0.3) is 0 Å². The minimum atomic E-state index is 0. The quantitative estimate of drug-likeness (QED) is 0.421. The highest BCUT2D eigenvalue weighted by Gasteiger charge is 2.14. The summed E-state index contributed by atoms with van der Waals surface area (Å²) in [6.45, 7) is 2.11. The van der Waals surface area contributed by atoms with Crippen molar-refractivity contribution in [1.82, 2.24) is 15.5 Å². The molecule has 1 unspecified atom stereocenters. The number of guanidine groups is 1. The molecule has 2 rings (SSSR count). The molecule has 0 radical (unpaired) electrons. The zero-order chi connectivity index (χ0) is 11.2. The Morgan fingerprint density at radius 3 is 3.24 bits per heavy atom. The lowest BCUT2D eigenvalue weighted by molar-refractivity contribution is 0.114. The molecule has 0 saturated carbocycles. The van der Waals surface area contributed by atoms with Crippen LogP contribution in [0.4, 0.5) is 0 Å². The van der Waals surface area contributed by atoms with Crippen LogP contribution in [0.3, 0.4) is 0 Å². The second kappa shape index (κ2) is 7.49. The van der Waals surface area contributed by atoms with Crippen molar-refractivity contribution < 1.29 is 4.74 Å². The molecule has 0 spiro atoms. The van der Waals surface area contributed by atoms with Gasteiger partial charge < -0.3 is 15.8 Å². The van der Waals surface area contributed by atoms with Crippen molar-refractivity contribution in [3.05, 3.63) is 18.0 Å². The molecule has 0 amide bonds. The largest absolute Gasteiger partial charge is 0.376 e. The molecule has 17 heavy (non-hydrogen) atoms. The highest BCUT2D eigenvalue weighted by molar-refractivity contribution is 14.0. The fourth-order valence-electron chi connectivity index (χ4n) is 1.62. The van der Waals surface area contributed by atoms with E-state index in [0.717, 1.165) is 31.7 Å². The maximum absolute atomic E-state index is 5.72. The predicted molar refractivity (Wildman–Crippen MR) is 76.3 cm³/mol. The number of ether oxygens (including phenoxy) is 1. The maximum Gasteiger partial charge on any atom is 0.189 e. The van der Waals surface area contributed by atoms with Crippen LogP contribution in [0.2, 0.25) is 0 Å². The zero-order valence-electron chi connectivity index (χ0n) is 9.56. The van der Waals surface area contributed by atoms with Gasteiger partial charge in [0.25, 0.3) is 0 Å². The minimum absolute atomic E-state index is 0. The van der Waals surface area contributed by atoms with Crippen LogP contribution < -0.4 is 11.1 Å². The lowest BCUT2D eigenvalue weighted by atomic mass is 10.2. The Bertz CT molecular complexity index is 334. The van der Waals surface area contributed by atoms with Crippen LogP contribution >= 0.6 is 24.0 Å². The molecule has 0 bridgehead atoms. The monoisotopic (exact) mass is 351 g/mol. The Morgan fingerprint density at radius 1 is 1.71 bits per heavy atom. The topological polar surface area (TPSA) is 88.3 Å². The number of H-pyrrole nitrogens is 1. The second-order valence-corrected chi connectivity index (χ2v) is 3.80. The maximum atomic E-state index is 5.72. The predicted octanol–water partition coefficient (Wildman–Crippen LogP) is 0.611. The summed E-state index contributed by atoms with van der Waals surface area (Å²) in [5.41, 5.74) is 6.66. The van der Waals surface area contributed by atoms with E-state index in [9.17, 15) is 0 Å². The minimum Gasteiger partial charge on any atom is -0.376 e. The van der Waals surface area contributed by atoms with Crippen LogP contribution in [-0.2, 0) is 11.3 Å². The van der Waals surface area contributed by atoms with E-state index in [1.54, 1.807) is 6.20 Å². The molecule has 1 aromatic rings. The number of aromatic amines is 1. The van der Waals surface area contributed by atoms with Crippen LogP contribution in [0, 0.1) is 0 Å². The average Bonchev–Trinajstić information content (AvgIpc) is 2.96. The van der Waals surface area contributed by atoms with E-state index >= 15 is 0 Å². The first-order chi connectivity index (χ1) is 7.84. The second-order valence-electron chi connectivity index (χ2n) is 3.80. The van der Waals surface area contributed by atoms with E-state index in [2.05, 4.69) is 20.5 Å². The normalized spacial score (nSPS) is 20.0. The summed E-state index contributed by atoms with van der Waals surface area (Å²) in [5, 5.41) is 9.71. The van der Waals surface area contributed by atoms with E-state index in [0.29, 0.717) is 12.5 Å². The summed E-state index contributed by atoms with van der Waals surface area (Å²) >= 11 is 0. The van der Waals surface area contributed by atoms with Gasteiger partial charge in [-0.15, -0.1) is 24.0 Å². The first kappa shape index (κ1) is 14.2. The molecular formula is C10H18IN5O. The molecule has 1 saturated heterocycles.